The number of benzene rings is 2. The minimum Gasteiger partial charge on any atom is -0.410 e. The molecule has 0 N–H and O–H groups in total. The third-order valence-corrected chi connectivity index (χ3v) is 4.26. The molecule has 0 bridgehead atoms. The number of ether oxygens (including phenoxy) is 1. The molecular weight excluding hydrogens is 335 g/mol. The van der Waals surface area contributed by atoms with Gasteiger partial charge in [-0.3, -0.25) is 4.90 Å². The van der Waals surface area contributed by atoms with Crippen LogP contribution >= 0.6 is 23.2 Å². The van der Waals surface area contributed by atoms with Crippen molar-refractivity contribution < 1.29 is 9.53 Å². The number of hydrogen-bond donors (Lipinski definition) is 0. The van der Waals surface area contributed by atoms with Crippen molar-refractivity contribution in [2.75, 3.05) is 6.54 Å². The van der Waals surface area contributed by atoms with Crippen molar-refractivity contribution in [3.63, 3.8) is 0 Å². The maximum absolute atomic E-state index is 12.4. The van der Waals surface area contributed by atoms with Gasteiger partial charge in [0, 0.05) is 16.6 Å². The number of carbonyl (C=O) groups excluding carboxylic acids is 1. The molecule has 3 rings (SSSR count). The molecule has 1 amide bonds. The van der Waals surface area contributed by atoms with Gasteiger partial charge in [0.1, 0.15) is 11.8 Å². The zero-order valence-electron chi connectivity index (χ0n) is 12.0. The van der Waals surface area contributed by atoms with E-state index in [-0.39, 0.29) is 0 Å². The summed E-state index contributed by atoms with van der Waals surface area (Å²) in [6.45, 7) is 0.359. The van der Waals surface area contributed by atoms with E-state index in [1.54, 1.807) is 36.4 Å². The second kappa shape index (κ2) is 6.49. The van der Waals surface area contributed by atoms with Gasteiger partial charge in [0.15, 0.2) is 0 Å². The normalized spacial score (nSPS) is 16.4. The molecule has 6 heteroatoms. The largest absolute Gasteiger partial charge is 0.416 e. The summed E-state index contributed by atoms with van der Waals surface area (Å²) < 4.78 is 5.33. The van der Waals surface area contributed by atoms with E-state index in [0.717, 1.165) is 5.56 Å². The fourth-order valence-electron chi connectivity index (χ4n) is 2.64. The number of halogens is 2. The Hall–Kier alpha value is -2.22. The van der Waals surface area contributed by atoms with Crippen molar-refractivity contribution >= 4 is 29.3 Å². The van der Waals surface area contributed by atoms with Gasteiger partial charge in [-0.15, -0.1) is 0 Å². The average Bonchev–Trinajstić information content (AvgIpc) is 2.54. The van der Waals surface area contributed by atoms with Gasteiger partial charge in [-0.05, 0) is 41.8 Å². The van der Waals surface area contributed by atoms with E-state index in [9.17, 15) is 10.1 Å². The molecule has 1 aliphatic rings. The highest BCUT2D eigenvalue weighted by Crippen LogP contribution is 2.36. The summed E-state index contributed by atoms with van der Waals surface area (Å²) in [6.07, 6.45) is -0.0163. The first kappa shape index (κ1) is 15.7. The maximum Gasteiger partial charge on any atom is 0.416 e. The first-order valence-electron chi connectivity index (χ1n) is 7.01. The molecule has 0 aliphatic carbocycles. The molecule has 1 heterocycles. The van der Waals surface area contributed by atoms with Crippen molar-refractivity contribution in [1.29, 1.82) is 5.26 Å². The summed E-state index contributed by atoms with van der Waals surface area (Å²) in [7, 11) is 0. The van der Waals surface area contributed by atoms with Crippen LogP contribution in [-0.2, 0) is 6.42 Å². The Morgan fingerprint density at radius 1 is 1.26 bits per heavy atom. The Bertz CT molecular complexity index is 787. The predicted molar refractivity (Wildman–Crippen MR) is 87.7 cm³/mol. The minimum absolute atomic E-state index is 0.359. The number of nitriles is 1. The molecule has 116 valence electrons. The van der Waals surface area contributed by atoms with Crippen LogP contribution in [0.4, 0.5) is 4.79 Å². The average molecular weight is 347 g/mol. The van der Waals surface area contributed by atoms with Gasteiger partial charge < -0.3 is 4.74 Å². The lowest BCUT2D eigenvalue weighted by atomic mass is 9.93. The standard InChI is InChI=1S/C17H12Cl2N2O2/c18-11-8-14-13(15(19)9-11)6-7-21(16(14)10-20)17(22)23-12-4-2-1-3-5-12/h1-5,8-9,16H,6-7H2. The van der Waals surface area contributed by atoms with Gasteiger partial charge in [0.2, 0.25) is 0 Å². The summed E-state index contributed by atoms with van der Waals surface area (Å²) >= 11 is 12.2. The van der Waals surface area contributed by atoms with E-state index in [0.29, 0.717) is 34.3 Å². The lowest BCUT2D eigenvalue weighted by molar-refractivity contribution is 0.139. The smallest absolute Gasteiger partial charge is 0.410 e. The molecule has 0 spiro atoms. The highest BCUT2D eigenvalue weighted by molar-refractivity contribution is 6.35. The Balaban J connectivity index is 1.90. The molecule has 1 atom stereocenters. The molecule has 1 aliphatic heterocycles. The van der Waals surface area contributed by atoms with Gasteiger partial charge in [0.05, 0.1) is 6.07 Å². The molecule has 2 aromatic carbocycles. The van der Waals surface area contributed by atoms with Crippen molar-refractivity contribution in [2.45, 2.75) is 12.5 Å². The van der Waals surface area contributed by atoms with Gasteiger partial charge in [0.25, 0.3) is 0 Å². The minimum atomic E-state index is -0.772. The molecule has 0 radical (unpaired) electrons. The maximum atomic E-state index is 12.4. The number of amides is 1. The molecule has 0 fully saturated rings. The second-order valence-corrected chi connectivity index (χ2v) is 5.96. The second-order valence-electron chi connectivity index (χ2n) is 5.11. The van der Waals surface area contributed by atoms with Crippen LogP contribution in [0.15, 0.2) is 42.5 Å². The quantitative estimate of drug-likeness (QED) is 0.757. The first-order chi connectivity index (χ1) is 11.1. The zero-order chi connectivity index (χ0) is 16.4. The Morgan fingerprint density at radius 3 is 2.70 bits per heavy atom. The van der Waals surface area contributed by atoms with Gasteiger partial charge in [-0.1, -0.05) is 41.4 Å². The van der Waals surface area contributed by atoms with Crippen LogP contribution in [-0.4, -0.2) is 17.5 Å². The molecule has 1 unspecified atom stereocenters. The van der Waals surface area contributed by atoms with Crippen molar-refractivity contribution in [2.24, 2.45) is 0 Å². The van der Waals surface area contributed by atoms with Gasteiger partial charge in [-0.2, -0.15) is 5.26 Å². The number of fused-ring (bicyclic) bond motifs is 1. The number of para-hydroxylation sites is 1. The third-order valence-electron chi connectivity index (χ3n) is 3.71. The van der Waals surface area contributed by atoms with Crippen LogP contribution in [0.25, 0.3) is 0 Å². The Labute approximate surface area is 143 Å². The van der Waals surface area contributed by atoms with Crippen molar-refractivity contribution in [3.05, 3.63) is 63.6 Å². The monoisotopic (exact) mass is 346 g/mol. The van der Waals surface area contributed by atoms with Crippen LogP contribution in [0.3, 0.4) is 0 Å². The number of carbonyl (C=O) groups is 1. The Morgan fingerprint density at radius 2 is 2.00 bits per heavy atom. The summed E-state index contributed by atoms with van der Waals surface area (Å²) in [4.78, 5) is 13.8. The van der Waals surface area contributed by atoms with Gasteiger partial charge >= 0.3 is 6.09 Å². The van der Waals surface area contributed by atoms with E-state index in [2.05, 4.69) is 6.07 Å². The summed E-state index contributed by atoms with van der Waals surface area (Å²) in [5.74, 6) is 0.434. The summed E-state index contributed by atoms with van der Waals surface area (Å²) in [5.41, 5.74) is 1.51. The predicted octanol–water partition coefficient (Wildman–Crippen LogP) is 4.62. The Kier molecular flexibility index (Phi) is 4.42. The molecule has 23 heavy (non-hydrogen) atoms. The van der Waals surface area contributed by atoms with Gasteiger partial charge in [-0.25, -0.2) is 4.79 Å². The third kappa shape index (κ3) is 3.12. The summed E-state index contributed by atoms with van der Waals surface area (Å²) in [5, 5.41) is 10.5. The van der Waals surface area contributed by atoms with E-state index >= 15 is 0 Å². The van der Waals surface area contributed by atoms with Crippen molar-refractivity contribution in [1.82, 2.24) is 4.90 Å². The van der Waals surface area contributed by atoms with Crippen LogP contribution in [0.2, 0.25) is 10.0 Å². The molecule has 0 saturated carbocycles. The fourth-order valence-corrected chi connectivity index (χ4v) is 3.25. The van der Waals surface area contributed by atoms with E-state index in [1.165, 1.54) is 4.90 Å². The molecular formula is C17H12Cl2N2O2. The van der Waals surface area contributed by atoms with Crippen LogP contribution in [0.1, 0.15) is 17.2 Å². The van der Waals surface area contributed by atoms with E-state index in [1.807, 2.05) is 6.07 Å². The number of nitrogens with zero attached hydrogens (tertiary/aromatic N) is 2. The molecule has 2 aromatic rings. The molecule has 0 aromatic heterocycles. The number of hydrogen-bond acceptors (Lipinski definition) is 3. The first-order valence-corrected chi connectivity index (χ1v) is 7.76. The number of rotatable bonds is 1. The molecule has 4 nitrogen and oxygen atoms in total. The van der Waals surface area contributed by atoms with Crippen LogP contribution < -0.4 is 4.74 Å². The highest BCUT2D eigenvalue weighted by Gasteiger charge is 2.33. The van der Waals surface area contributed by atoms with Crippen LogP contribution in [0, 0.1) is 11.3 Å². The topological polar surface area (TPSA) is 53.3 Å². The van der Waals surface area contributed by atoms with E-state index in [4.69, 9.17) is 27.9 Å². The molecule has 0 saturated heterocycles. The summed E-state index contributed by atoms with van der Waals surface area (Å²) in [6, 6.07) is 13.4. The SMILES string of the molecule is N#CC1c2cc(Cl)cc(Cl)c2CCN1C(=O)Oc1ccccc1. The lowest BCUT2D eigenvalue weighted by Crippen LogP contribution is -2.41. The van der Waals surface area contributed by atoms with E-state index < -0.39 is 12.1 Å². The van der Waals surface area contributed by atoms with Crippen LogP contribution in [0.5, 0.6) is 5.75 Å². The lowest BCUT2D eigenvalue weighted by Gasteiger charge is -2.33. The fraction of sp³-hybridized carbons (Fsp3) is 0.176. The zero-order valence-corrected chi connectivity index (χ0v) is 13.5. The van der Waals surface area contributed by atoms with Crippen molar-refractivity contribution in [3.8, 4) is 11.8 Å². The highest BCUT2D eigenvalue weighted by atomic mass is 35.5.